The van der Waals surface area contributed by atoms with E-state index in [-0.39, 0.29) is 25.0 Å². The standard InChI is InChI=1S/C24H35N5O10/c25-10-2-1-3-17(24(38)39)28-22(36)16(8-9-19(31)32)27-23(37)18(11-13-4-6-14(30)7-5-13)29-21(35)15(26)12-20(33)34/h4-7,15-18,30H,1-3,8-12,25-26H2,(H,27,37)(H,28,36)(H,29,35)(H,31,32)(H,33,34)(H,38,39). The Morgan fingerprint density at radius 3 is 1.85 bits per heavy atom. The average Bonchev–Trinajstić information content (AvgIpc) is 2.85. The van der Waals surface area contributed by atoms with E-state index in [1.54, 1.807) is 0 Å². The molecular formula is C24H35N5O10. The number of carboxylic acid groups (broad SMARTS) is 3. The van der Waals surface area contributed by atoms with Gasteiger partial charge in [-0.3, -0.25) is 24.0 Å². The van der Waals surface area contributed by atoms with Gasteiger partial charge in [-0.15, -0.1) is 0 Å². The van der Waals surface area contributed by atoms with Crippen molar-refractivity contribution in [2.75, 3.05) is 6.54 Å². The predicted octanol–water partition coefficient (Wildman–Crippen LogP) is -1.73. The summed E-state index contributed by atoms with van der Waals surface area (Å²) in [5.41, 5.74) is 11.5. The van der Waals surface area contributed by atoms with Crippen LogP contribution >= 0.6 is 0 Å². The maximum atomic E-state index is 13.2. The number of carboxylic acids is 3. The Morgan fingerprint density at radius 1 is 0.744 bits per heavy atom. The van der Waals surface area contributed by atoms with E-state index in [0.717, 1.165) is 0 Å². The van der Waals surface area contributed by atoms with Crippen molar-refractivity contribution >= 4 is 35.6 Å². The highest BCUT2D eigenvalue weighted by Gasteiger charge is 2.31. The fourth-order valence-electron chi connectivity index (χ4n) is 3.47. The van der Waals surface area contributed by atoms with Crippen LogP contribution in [0.3, 0.4) is 0 Å². The molecule has 1 aromatic rings. The minimum Gasteiger partial charge on any atom is -0.508 e. The number of benzene rings is 1. The maximum Gasteiger partial charge on any atom is 0.326 e. The molecule has 0 heterocycles. The summed E-state index contributed by atoms with van der Waals surface area (Å²) in [6, 6.07) is -0.0646. The highest BCUT2D eigenvalue weighted by molar-refractivity contribution is 5.95. The van der Waals surface area contributed by atoms with Gasteiger partial charge in [0.05, 0.1) is 12.5 Å². The SMILES string of the molecule is NCCCCC(NC(=O)C(CCC(=O)O)NC(=O)C(Cc1ccc(O)cc1)NC(=O)C(N)CC(=O)O)C(=O)O. The number of nitrogens with one attached hydrogen (secondary N) is 3. The molecule has 0 aliphatic carbocycles. The molecule has 1 aromatic carbocycles. The Kier molecular flexibility index (Phi) is 13.9. The summed E-state index contributed by atoms with van der Waals surface area (Å²) < 4.78 is 0. The minimum atomic E-state index is -1.49. The predicted molar refractivity (Wildman–Crippen MR) is 135 cm³/mol. The third-order valence-corrected chi connectivity index (χ3v) is 5.58. The average molecular weight is 554 g/mol. The van der Waals surface area contributed by atoms with Gasteiger partial charge in [0.25, 0.3) is 0 Å². The molecule has 0 bridgehead atoms. The number of rotatable bonds is 18. The number of phenolic OH excluding ortho intramolecular Hbond substituents is 1. The number of hydrogen-bond donors (Lipinski definition) is 9. The fourth-order valence-corrected chi connectivity index (χ4v) is 3.47. The summed E-state index contributed by atoms with van der Waals surface area (Å²) in [4.78, 5) is 72.2. The molecule has 0 aliphatic heterocycles. The summed E-state index contributed by atoms with van der Waals surface area (Å²) in [5.74, 6) is -6.84. The second-order valence-corrected chi connectivity index (χ2v) is 8.81. The molecule has 3 amide bonds. The molecule has 4 atom stereocenters. The molecule has 0 saturated heterocycles. The number of aliphatic carboxylic acids is 3. The van der Waals surface area contributed by atoms with Crippen LogP contribution in [0.1, 0.15) is 44.1 Å². The van der Waals surface area contributed by atoms with Crippen LogP contribution in [0.25, 0.3) is 0 Å². The van der Waals surface area contributed by atoms with Gasteiger partial charge >= 0.3 is 17.9 Å². The van der Waals surface area contributed by atoms with Gasteiger partial charge in [-0.05, 0) is 49.9 Å². The zero-order valence-electron chi connectivity index (χ0n) is 21.2. The molecule has 0 aromatic heterocycles. The van der Waals surface area contributed by atoms with Crippen molar-refractivity contribution in [3.8, 4) is 5.75 Å². The Hall–Kier alpha value is -4.24. The van der Waals surface area contributed by atoms with E-state index in [4.69, 9.17) is 21.7 Å². The van der Waals surface area contributed by atoms with Crippen LogP contribution in [0.5, 0.6) is 5.75 Å². The van der Waals surface area contributed by atoms with Crippen molar-refractivity contribution in [1.29, 1.82) is 0 Å². The first-order valence-electron chi connectivity index (χ1n) is 12.1. The van der Waals surface area contributed by atoms with Gasteiger partial charge < -0.3 is 47.8 Å². The highest BCUT2D eigenvalue weighted by atomic mass is 16.4. The minimum absolute atomic E-state index is 0.0544. The molecule has 0 aliphatic rings. The van der Waals surface area contributed by atoms with Crippen molar-refractivity contribution in [3.63, 3.8) is 0 Å². The smallest absolute Gasteiger partial charge is 0.326 e. The van der Waals surface area contributed by atoms with Crippen molar-refractivity contribution in [2.45, 2.75) is 69.1 Å². The number of hydrogen-bond acceptors (Lipinski definition) is 9. The molecule has 0 spiro atoms. The third-order valence-electron chi connectivity index (χ3n) is 5.58. The largest absolute Gasteiger partial charge is 0.508 e. The first kappa shape index (κ1) is 32.8. The number of phenols is 1. The van der Waals surface area contributed by atoms with Crippen LogP contribution in [-0.2, 0) is 35.2 Å². The summed E-state index contributed by atoms with van der Waals surface area (Å²) in [5, 5.41) is 43.9. The van der Waals surface area contributed by atoms with E-state index >= 15 is 0 Å². The number of aromatic hydroxyl groups is 1. The van der Waals surface area contributed by atoms with E-state index in [2.05, 4.69) is 16.0 Å². The Labute approximate surface area is 223 Å². The lowest BCUT2D eigenvalue weighted by molar-refractivity contribution is -0.143. The zero-order chi connectivity index (χ0) is 29.5. The van der Waals surface area contributed by atoms with Gasteiger partial charge in [0.2, 0.25) is 17.7 Å². The highest BCUT2D eigenvalue weighted by Crippen LogP contribution is 2.12. The van der Waals surface area contributed by atoms with E-state index < -0.39 is 72.6 Å². The second kappa shape index (κ2) is 16.6. The Balaban J connectivity index is 3.14. The first-order valence-corrected chi connectivity index (χ1v) is 12.1. The van der Waals surface area contributed by atoms with E-state index in [0.29, 0.717) is 24.9 Å². The van der Waals surface area contributed by atoms with Crippen LogP contribution in [0.4, 0.5) is 0 Å². The van der Waals surface area contributed by atoms with Crippen LogP contribution < -0.4 is 27.4 Å². The lowest BCUT2D eigenvalue weighted by atomic mass is 10.0. The van der Waals surface area contributed by atoms with Crippen LogP contribution in [-0.4, -0.2) is 86.8 Å². The van der Waals surface area contributed by atoms with Gasteiger partial charge in [-0.25, -0.2) is 4.79 Å². The number of carbonyl (C=O) groups is 6. The summed E-state index contributed by atoms with van der Waals surface area (Å²) in [6.07, 6.45) is -0.842. The van der Waals surface area contributed by atoms with E-state index in [9.17, 15) is 39.0 Å². The van der Waals surface area contributed by atoms with Crippen molar-refractivity contribution in [1.82, 2.24) is 16.0 Å². The molecule has 4 unspecified atom stereocenters. The second-order valence-electron chi connectivity index (χ2n) is 8.81. The molecule has 1 rings (SSSR count). The number of unbranched alkanes of at least 4 members (excludes halogenated alkanes) is 1. The third kappa shape index (κ3) is 12.7. The quantitative estimate of drug-likeness (QED) is 0.0917. The fraction of sp³-hybridized carbons (Fsp3) is 0.500. The van der Waals surface area contributed by atoms with Gasteiger partial charge in [0, 0.05) is 12.8 Å². The molecule has 15 heteroatoms. The molecule has 0 fully saturated rings. The normalized spacial score (nSPS) is 13.8. The van der Waals surface area contributed by atoms with Crippen molar-refractivity contribution in [2.24, 2.45) is 11.5 Å². The van der Waals surface area contributed by atoms with E-state index in [1.807, 2.05) is 0 Å². The maximum absolute atomic E-state index is 13.2. The van der Waals surface area contributed by atoms with Crippen LogP contribution in [0, 0.1) is 0 Å². The summed E-state index contributed by atoms with van der Waals surface area (Å²) >= 11 is 0. The first-order chi connectivity index (χ1) is 18.3. The van der Waals surface area contributed by atoms with Gasteiger partial charge in [0.15, 0.2) is 0 Å². The molecule has 15 nitrogen and oxygen atoms in total. The van der Waals surface area contributed by atoms with Crippen LogP contribution in [0.15, 0.2) is 24.3 Å². The summed E-state index contributed by atoms with van der Waals surface area (Å²) in [6.45, 7) is 0.321. The molecule has 11 N–H and O–H groups in total. The number of carbonyl (C=O) groups excluding carboxylic acids is 3. The summed E-state index contributed by atoms with van der Waals surface area (Å²) in [7, 11) is 0. The molecule has 216 valence electrons. The number of amides is 3. The topological polar surface area (TPSA) is 271 Å². The lowest BCUT2D eigenvalue weighted by Crippen LogP contribution is -2.57. The Bertz CT molecular complexity index is 1020. The van der Waals surface area contributed by atoms with Crippen molar-refractivity contribution < 1.29 is 49.2 Å². The zero-order valence-corrected chi connectivity index (χ0v) is 21.2. The molecular weight excluding hydrogens is 518 g/mol. The monoisotopic (exact) mass is 553 g/mol. The van der Waals surface area contributed by atoms with Gasteiger partial charge in [0.1, 0.15) is 23.9 Å². The lowest BCUT2D eigenvalue weighted by Gasteiger charge is -2.25. The number of nitrogens with two attached hydrogens (primary N) is 2. The van der Waals surface area contributed by atoms with Gasteiger partial charge in [-0.1, -0.05) is 12.1 Å². The van der Waals surface area contributed by atoms with Gasteiger partial charge in [-0.2, -0.15) is 0 Å². The molecule has 0 saturated carbocycles. The molecule has 39 heavy (non-hydrogen) atoms. The van der Waals surface area contributed by atoms with Crippen LogP contribution in [0.2, 0.25) is 0 Å². The Morgan fingerprint density at radius 2 is 1.31 bits per heavy atom. The van der Waals surface area contributed by atoms with Crippen molar-refractivity contribution in [3.05, 3.63) is 29.8 Å². The van der Waals surface area contributed by atoms with E-state index in [1.165, 1.54) is 24.3 Å². The molecule has 0 radical (unpaired) electrons.